The third kappa shape index (κ3) is 3.93. The van der Waals surface area contributed by atoms with Crippen molar-refractivity contribution >= 4 is 27.6 Å². The summed E-state index contributed by atoms with van der Waals surface area (Å²) in [7, 11) is -2.63. The van der Waals surface area contributed by atoms with Gasteiger partial charge >= 0.3 is 5.97 Å². The molecule has 0 aliphatic rings. The number of benzene rings is 1. The number of sulfonamides is 1. The number of carbonyl (C=O) groups excluding carboxylic acids is 1. The van der Waals surface area contributed by atoms with Crippen LogP contribution in [0, 0.1) is 11.3 Å². The normalized spacial score (nSPS) is 12.5. The highest BCUT2D eigenvalue weighted by Gasteiger charge is 2.21. The lowest BCUT2D eigenvalue weighted by Gasteiger charge is -2.12. The van der Waals surface area contributed by atoms with Crippen molar-refractivity contribution in [1.29, 1.82) is 5.26 Å². The van der Waals surface area contributed by atoms with Crippen molar-refractivity contribution < 1.29 is 17.9 Å². The van der Waals surface area contributed by atoms with Crippen LogP contribution in [0.15, 0.2) is 23.1 Å². The van der Waals surface area contributed by atoms with Gasteiger partial charge in [0.15, 0.2) is 0 Å². The van der Waals surface area contributed by atoms with Crippen molar-refractivity contribution in [2.24, 2.45) is 0 Å². The van der Waals surface area contributed by atoms with Gasteiger partial charge in [-0.2, -0.15) is 5.26 Å². The first-order chi connectivity index (χ1) is 9.31. The van der Waals surface area contributed by atoms with Gasteiger partial charge in [0.2, 0.25) is 10.0 Å². The molecule has 1 rings (SSSR count). The molecule has 0 spiro atoms. The van der Waals surface area contributed by atoms with E-state index in [9.17, 15) is 13.2 Å². The molecule has 1 aromatic rings. The molecule has 0 aliphatic carbocycles. The second-order valence-corrected chi connectivity index (χ2v) is 6.11. The van der Waals surface area contributed by atoms with Crippen molar-refractivity contribution in [1.82, 2.24) is 4.72 Å². The average molecular weight is 317 g/mol. The molecular formula is C12H13ClN2O4S. The largest absolute Gasteiger partial charge is 0.465 e. The van der Waals surface area contributed by atoms with Crippen molar-refractivity contribution in [2.75, 3.05) is 7.11 Å². The van der Waals surface area contributed by atoms with Crippen LogP contribution in [-0.4, -0.2) is 27.5 Å². The molecule has 0 bridgehead atoms. The van der Waals surface area contributed by atoms with Gasteiger partial charge in [-0.15, -0.1) is 0 Å². The molecule has 1 atom stereocenters. The second-order valence-electron chi connectivity index (χ2n) is 4.02. The van der Waals surface area contributed by atoms with Crippen molar-refractivity contribution in [3.63, 3.8) is 0 Å². The molecule has 6 nitrogen and oxygen atoms in total. The van der Waals surface area contributed by atoms with Gasteiger partial charge in [-0.1, -0.05) is 11.6 Å². The van der Waals surface area contributed by atoms with E-state index in [1.165, 1.54) is 25.3 Å². The Bertz CT molecular complexity index is 652. The maximum absolute atomic E-state index is 12.1. The van der Waals surface area contributed by atoms with E-state index in [2.05, 4.69) is 9.46 Å². The second kappa shape index (κ2) is 6.70. The van der Waals surface area contributed by atoms with Crippen LogP contribution in [0.4, 0.5) is 0 Å². The number of ether oxygens (including phenoxy) is 1. The van der Waals surface area contributed by atoms with Gasteiger partial charge < -0.3 is 4.74 Å². The highest BCUT2D eigenvalue weighted by atomic mass is 35.5. The monoisotopic (exact) mass is 316 g/mol. The number of hydrogen-bond donors (Lipinski definition) is 1. The van der Waals surface area contributed by atoms with E-state index in [1.54, 1.807) is 6.92 Å². The minimum absolute atomic E-state index is 0.0388. The third-order valence-electron chi connectivity index (χ3n) is 2.40. The summed E-state index contributed by atoms with van der Waals surface area (Å²) in [5.41, 5.74) is 0.154. The number of nitrogens with one attached hydrogen (secondary N) is 1. The molecule has 0 aliphatic heterocycles. The minimum atomic E-state index is -3.85. The molecular weight excluding hydrogens is 304 g/mol. The van der Waals surface area contributed by atoms with Crippen LogP contribution in [0.5, 0.6) is 0 Å². The first kappa shape index (κ1) is 16.4. The van der Waals surface area contributed by atoms with E-state index >= 15 is 0 Å². The Labute approximate surface area is 122 Å². The first-order valence-electron chi connectivity index (χ1n) is 5.59. The number of hydrogen-bond acceptors (Lipinski definition) is 5. The summed E-state index contributed by atoms with van der Waals surface area (Å²) in [5.74, 6) is -0.610. The van der Waals surface area contributed by atoms with Gasteiger partial charge in [-0.25, -0.2) is 17.9 Å². The van der Waals surface area contributed by atoms with Gasteiger partial charge in [0.1, 0.15) is 4.90 Å². The molecule has 8 heteroatoms. The molecule has 1 N–H and O–H groups in total. The Morgan fingerprint density at radius 2 is 2.20 bits per heavy atom. The summed E-state index contributed by atoms with van der Waals surface area (Å²) in [5, 5.41) is 8.43. The zero-order valence-electron chi connectivity index (χ0n) is 10.9. The fourth-order valence-corrected chi connectivity index (χ4v) is 3.26. The number of nitrogens with zero attached hydrogens (tertiary/aromatic N) is 1. The highest BCUT2D eigenvalue weighted by molar-refractivity contribution is 7.89. The summed E-state index contributed by atoms with van der Waals surface area (Å²) in [6, 6.07) is 5.07. The van der Waals surface area contributed by atoms with Crippen LogP contribution >= 0.6 is 11.6 Å². The number of methoxy groups -OCH3 is 1. The summed E-state index contributed by atoms with van der Waals surface area (Å²) in [6.45, 7) is 1.57. The first-order valence-corrected chi connectivity index (χ1v) is 7.45. The summed E-state index contributed by atoms with van der Waals surface area (Å²) in [4.78, 5) is 11.2. The van der Waals surface area contributed by atoms with Gasteiger partial charge in [-0.05, 0) is 25.1 Å². The lowest BCUT2D eigenvalue weighted by atomic mass is 10.2. The molecule has 0 fully saturated rings. The van der Waals surface area contributed by atoms with Crippen LogP contribution in [-0.2, 0) is 14.8 Å². The van der Waals surface area contributed by atoms with Crippen molar-refractivity contribution in [3.8, 4) is 6.07 Å². The van der Waals surface area contributed by atoms with E-state index < -0.39 is 22.0 Å². The van der Waals surface area contributed by atoms with Gasteiger partial charge in [0, 0.05) is 6.04 Å². The molecule has 108 valence electrons. The Morgan fingerprint density at radius 1 is 1.55 bits per heavy atom. The molecule has 1 aromatic carbocycles. The van der Waals surface area contributed by atoms with E-state index in [-0.39, 0.29) is 21.9 Å². The predicted octanol–water partition coefficient (Wildman–Crippen LogP) is 1.71. The van der Waals surface area contributed by atoms with Gasteiger partial charge in [-0.3, -0.25) is 0 Å². The summed E-state index contributed by atoms with van der Waals surface area (Å²) in [6.07, 6.45) is 0.0388. The third-order valence-corrected chi connectivity index (χ3v) is 4.47. The number of halogens is 1. The zero-order valence-corrected chi connectivity index (χ0v) is 12.5. The van der Waals surface area contributed by atoms with Gasteiger partial charge in [0.25, 0.3) is 0 Å². The lowest BCUT2D eigenvalue weighted by Crippen LogP contribution is -2.32. The zero-order chi connectivity index (χ0) is 15.3. The van der Waals surface area contributed by atoms with E-state index in [4.69, 9.17) is 16.9 Å². The maximum atomic E-state index is 12.1. The smallest absolute Gasteiger partial charge is 0.337 e. The Morgan fingerprint density at radius 3 is 2.70 bits per heavy atom. The summed E-state index contributed by atoms with van der Waals surface area (Å²) < 4.78 is 31.0. The standard InChI is InChI=1S/C12H13ClN2O4S/c1-8(5-6-14)15-20(17,18)11-4-3-9(7-10(11)13)12(16)19-2/h3-4,7-8,15H,5H2,1-2H3/t8-/m0/s1. The van der Waals surface area contributed by atoms with E-state index in [0.717, 1.165) is 0 Å². The molecule has 0 radical (unpaired) electrons. The quantitative estimate of drug-likeness (QED) is 0.834. The Kier molecular flexibility index (Phi) is 5.51. The molecule has 0 aromatic heterocycles. The maximum Gasteiger partial charge on any atom is 0.337 e. The molecule has 0 saturated carbocycles. The Hall–Kier alpha value is -1.62. The molecule has 0 amide bonds. The highest BCUT2D eigenvalue weighted by Crippen LogP contribution is 2.23. The van der Waals surface area contributed by atoms with Gasteiger partial charge in [0.05, 0.1) is 30.2 Å². The fraction of sp³-hybridized carbons (Fsp3) is 0.333. The van der Waals surface area contributed by atoms with E-state index in [1.807, 2.05) is 6.07 Å². The lowest BCUT2D eigenvalue weighted by molar-refractivity contribution is 0.0600. The van der Waals surface area contributed by atoms with Crippen molar-refractivity contribution in [3.05, 3.63) is 28.8 Å². The van der Waals surface area contributed by atoms with Crippen LogP contribution in [0.2, 0.25) is 5.02 Å². The SMILES string of the molecule is COC(=O)c1ccc(S(=O)(=O)N[C@@H](C)CC#N)c(Cl)c1. The predicted molar refractivity (Wildman–Crippen MR) is 72.8 cm³/mol. The Balaban J connectivity index is 3.08. The molecule has 0 saturated heterocycles. The van der Waals surface area contributed by atoms with Crippen LogP contribution in [0.25, 0.3) is 0 Å². The fourth-order valence-electron chi connectivity index (χ4n) is 1.47. The van der Waals surface area contributed by atoms with E-state index in [0.29, 0.717) is 0 Å². The number of rotatable bonds is 5. The molecule has 20 heavy (non-hydrogen) atoms. The number of carbonyl (C=O) groups is 1. The van der Waals surface area contributed by atoms with Crippen LogP contribution in [0.3, 0.4) is 0 Å². The molecule has 0 heterocycles. The topological polar surface area (TPSA) is 96.3 Å². The van der Waals surface area contributed by atoms with Crippen LogP contribution in [0.1, 0.15) is 23.7 Å². The van der Waals surface area contributed by atoms with Crippen molar-refractivity contribution in [2.45, 2.75) is 24.3 Å². The minimum Gasteiger partial charge on any atom is -0.465 e. The number of nitriles is 1. The number of esters is 1. The van der Waals surface area contributed by atoms with Crippen LogP contribution < -0.4 is 4.72 Å². The summed E-state index contributed by atoms with van der Waals surface area (Å²) >= 11 is 5.88. The molecule has 0 unspecified atom stereocenters. The average Bonchev–Trinajstić information content (AvgIpc) is 2.36.